The molecule has 1 aromatic heterocycles. The molecule has 6 heteroatoms. The third-order valence-corrected chi connectivity index (χ3v) is 6.37. The van der Waals surface area contributed by atoms with Crippen molar-refractivity contribution in [2.75, 3.05) is 13.1 Å². The average molecular weight is 453 g/mol. The molecule has 5 rings (SSSR count). The van der Waals surface area contributed by atoms with Crippen molar-refractivity contribution < 1.29 is 10.0 Å². The number of carbonyl (C=O) groups is 1. The first-order valence-electron chi connectivity index (χ1n) is 11.7. The summed E-state index contributed by atoms with van der Waals surface area (Å²) in [7, 11) is 0. The van der Waals surface area contributed by atoms with E-state index in [1.54, 1.807) is 11.6 Å². The topological polar surface area (TPSA) is 70.4 Å². The van der Waals surface area contributed by atoms with Crippen molar-refractivity contribution in [3.63, 3.8) is 0 Å². The molecule has 2 heterocycles. The number of amides is 1. The molecular formula is C28H28N4O2. The van der Waals surface area contributed by atoms with Crippen LogP contribution in [0.2, 0.25) is 0 Å². The van der Waals surface area contributed by atoms with E-state index >= 15 is 0 Å². The van der Waals surface area contributed by atoms with E-state index in [1.807, 2.05) is 24.3 Å². The standard InChI is InChI=1S/C28H28N4O2/c33-27(30-34)16-15-21-10-6-11-23(18-21)28-29-25-13-4-5-14-26(25)32(28)24-12-7-17-31(20-24)19-22-8-2-1-3-9-22/h1-6,8-11,13-16,18,24,34H,7,12,17,19-20H2,(H,30,33). The van der Waals surface area contributed by atoms with Gasteiger partial charge in [-0.15, -0.1) is 0 Å². The highest BCUT2D eigenvalue weighted by Crippen LogP contribution is 2.33. The third-order valence-electron chi connectivity index (χ3n) is 6.37. The Bertz CT molecular complexity index is 1310. The van der Waals surface area contributed by atoms with Gasteiger partial charge in [0.25, 0.3) is 5.91 Å². The van der Waals surface area contributed by atoms with Gasteiger partial charge in [-0.3, -0.25) is 14.9 Å². The first-order valence-corrected chi connectivity index (χ1v) is 11.7. The van der Waals surface area contributed by atoms with Crippen LogP contribution in [0.15, 0.2) is 84.9 Å². The van der Waals surface area contributed by atoms with Crippen LogP contribution >= 0.6 is 0 Å². The van der Waals surface area contributed by atoms with E-state index in [9.17, 15) is 4.79 Å². The summed E-state index contributed by atoms with van der Waals surface area (Å²) in [5.74, 6) is 0.382. The summed E-state index contributed by atoms with van der Waals surface area (Å²) < 4.78 is 2.40. The first kappa shape index (κ1) is 22.1. The first-order chi connectivity index (χ1) is 16.7. The number of likely N-dealkylation sites (tertiary alicyclic amines) is 1. The highest BCUT2D eigenvalue weighted by molar-refractivity contribution is 5.91. The zero-order chi connectivity index (χ0) is 23.3. The van der Waals surface area contributed by atoms with Crippen molar-refractivity contribution in [1.82, 2.24) is 19.9 Å². The normalized spacial score (nSPS) is 16.8. The van der Waals surface area contributed by atoms with Gasteiger partial charge in [-0.05, 0) is 54.8 Å². The second kappa shape index (κ2) is 10.0. The lowest BCUT2D eigenvalue weighted by Gasteiger charge is -2.34. The molecule has 6 nitrogen and oxygen atoms in total. The van der Waals surface area contributed by atoms with Crippen molar-refractivity contribution in [3.8, 4) is 11.4 Å². The van der Waals surface area contributed by atoms with E-state index in [0.717, 1.165) is 60.5 Å². The van der Waals surface area contributed by atoms with Gasteiger partial charge < -0.3 is 4.57 Å². The maximum atomic E-state index is 11.4. The maximum Gasteiger partial charge on any atom is 0.267 e. The Morgan fingerprint density at radius 1 is 1.06 bits per heavy atom. The molecule has 1 aliphatic rings. The Kier molecular flexibility index (Phi) is 6.51. The zero-order valence-corrected chi connectivity index (χ0v) is 19.0. The van der Waals surface area contributed by atoms with E-state index in [1.165, 1.54) is 11.6 Å². The second-order valence-corrected chi connectivity index (χ2v) is 8.75. The van der Waals surface area contributed by atoms with Gasteiger partial charge in [-0.2, -0.15) is 0 Å². The minimum absolute atomic E-state index is 0.319. The summed E-state index contributed by atoms with van der Waals surface area (Å²) >= 11 is 0. The fourth-order valence-corrected chi connectivity index (χ4v) is 4.84. The molecule has 0 spiro atoms. The fourth-order valence-electron chi connectivity index (χ4n) is 4.84. The van der Waals surface area contributed by atoms with Crippen LogP contribution in [0.25, 0.3) is 28.5 Å². The number of nitrogens with zero attached hydrogens (tertiary/aromatic N) is 3. The minimum atomic E-state index is -0.557. The fraction of sp³-hybridized carbons (Fsp3) is 0.214. The number of imidazole rings is 1. The number of nitrogens with one attached hydrogen (secondary N) is 1. The summed E-state index contributed by atoms with van der Waals surface area (Å²) in [6.07, 6.45) is 5.24. The molecule has 0 radical (unpaired) electrons. The largest absolute Gasteiger partial charge is 0.320 e. The summed E-state index contributed by atoms with van der Waals surface area (Å²) in [4.78, 5) is 19.0. The van der Waals surface area contributed by atoms with E-state index in [-0.39, 0.29) is 0 Å². The Morgan fingerprint density at radius 3 is 2.74 bits per heavy atom. The number of hydrogen-bond acceptors (Lipinski definition) is 4. The number of hydrogen-bond donors (Lipinski definition) is 2. The number of aromatic nitrogens is 2. The number of fused-ring (bicyclic) bond motifs is 1. The molecule has 172 valence electrons. The van der Waals surface area contributed by atoms with Gasteiger partial charge in [0.1, 0.15) is 5.82 Å². The van der Waals surface area contributed by atoms with Gasteiger partial charge in [-0.25, -0.2) is 10.5 Å². The molecule has 34 heavy (non-hydrogen) atoms. The number of rotatable bonds is 6. The summed E-state index contributed by atoms with van der Waals surface area (Å²) in [5, 5.41) is 8.75. The second-order valence-electron chi connectivity index (χ2n) is 8.75. The van der Waals surface area contributed by atoms with Gasteiger partial charge in [0, 0.05) is 30.8 Å². The molecule has 1 saturated heterocycles. The smallest absolute Gasteiger partial charge is 0.267 e. The van der Waals surface area contributed by atoms with Crippen molar-refractivity contribution in [3.05, 3.63) is 96.1 Å². The molecule has 1 fully saturated rings. The Balaban J connectivity index is 1.50. The van der Waals surface area contributed by atoms with Gasteiger partial charge >= 0.3 is 0 Å². The molecule has 1 atom stereocenters. The monoisotopic (exact) mass is 452 g/mol. The SMILES string of the molecule is O=C(C=Cc1cccc(-c2nc3ccccc3n2C2CCCN(Cc3ccccc3)C2)c1)NO. The van der Waals surface area contributed by atoms with Crippen LogP contribution in [0, 0.1) is 0 Å². The molecule has 4 aromatic rings. The lowest BCUT2D eigenvalue weighted by molar-refractivity contribution is -0.124. The third kappa shape index (κ3) is 4.78. The zero-order valence-electron chi connectivity index (χ0n) is 19.0. The van der Waals surface area contributed by atoms with Crippen LogP contribution in [0.5, 0.6) is 0 Å². The van der Waals surface area contributed by atoms with Gasteiger partial charge in [0.05, 0.1) is 11.0 Å². The van der Waals surface area contributed by atoms with Crippen LogP contribution in [0.3, 0.4) is 0 Å². The molecule has 3 aromatic carbocycles. The van der Waals surface area contributed by atoms with E-state index in [2.05, 4.69) is 64.1 Å². The van der Waals surface area contributed by atoms with Crippen LogP contribution < -0.4 is 5.48 Å². The molecule has 1 unspecified atom stereocenters. The van der Waals surface area contributed by atoms with Crippen molar-refractivity contribution in [2.45, 2.75) is 25.4 Å². The van der Waals surface area contributed by atoms with Gasteiger partial charge in [0.2, 0.25) is 0 Å². The number of benzene rings is 3. The number of hydroxylamine groups is 1. The van der Waals surface area contributed by atoms with Gasteiger partial charge in [0.15, 0.2) is 0 Å². The van der Waals surface area contributed by atoms with Crippen molar-refractivity contribution >= 4 is 23.0 Å². The summed E-state index contributed by atoms with van der Waals surface area (Å²) in [6.45, 7) is 3.02. The molecule has 0 bridgehead atoms. The van der Waals surface area contributed by atoms with E-state index in [0.29, 0.717) is 6.04 Å². The predicted octanol–water partition coefficient (Wildman–Crippen LogP) is 5.06. The number of piperidine rings is 1. The van der Waals surface area contributed by atoms with Crippen LogP contribution in [-0.2, 0) is 11.3 Å². The van der Waals surface area contributed by atoms with Crippen molar-refractivity contribution in [2.24, 2.45) is 0 Å². The van der Waals surface area contributed by atoms with Crippen molar-refractivity contribution in [1.29, 1.82) is 0 Å². The highest BCUT2D eigenvalue weighted by Gasteiger charge is 2.25. The summed E-state index contributed by atoms with van der Waals surface area (Å²) in [5.41, 5.74) is 6.96. The lowest BCUT2D eigenvalue weighted by atomic mass is 10.0. The van der Waals surface area contributed by atoms with Crippen LogP contribution in [0.4, 0.5) is 0 Å². The molecule has 0 saturated carbocycles. The number of carbonyl (C=O) groups excluding carboxylic acids is 1. The van der Waals surface area contributed by atoms with E-state index < -0.39 is 5.91 Å². The Hall–Kier alpha value is -3.74. The molecule has 2 N–H and O–H groups in total. The molecule has 1 aliphatic heterocycles. The minimum Gasteiger partial charge on any atom is -0.320 e. The average Bonchev–Trinajstić information content (AvgIpc) is 3.28. The Morgan fingerprint density at radius 2 is 1.88 bits per heavy atom. The number of para-hydroxylation sites is 2. The van der Waals surface area contributed by atoms with Crippen LogP contribution in [0.1, 0.15) is 30.0 Å². The summed E-state index contributed by atoms with van der Waals surface area (Å²) in [6, 6.07) is 27.3. The van der Waals surface area contributed by atoms with Gasteiger partial charge in [-0.1, -0.05) is 60.7 Å². The maximum absolute atomic E-state index is 11.4. The molecular weight excluding hydrogens is 424 g/mol. The van der Waals surface area contributed by atoms with E-state index in [4.69, 9.17) is 10.2 Å². The lowest BCUT2D eigenvalue weighted by Crippen LogP contribution is -2.36. The van der Waals surface area contributed by atoms with Crippen LogP contribution in [-0.4, -0.2) is 38.7 Å². The highest BCUT2D eigenvalue weighted by atomic mass is 16.5. The molecule has 1 amide bonds. The molecule has 0 aliphatic carbocycles. The quantitative estimate of drug-likeness (QED) is 0.244. The Labute approximate surface area is 199 Å². The predicted molar refractivity (Wildman–Crippen MR) is 134 cm³/mol.